The third-order valence-corrected chi connectivity index (χ3v) is 12.7. The molecule has 13 rings (SSSR count). The number of aromatic nitrogens is 6. The van der Waals surface area contributed by atoms with E-state index in [0.717, 1.165) is 115 Å². The van der Waals surface area contributed by atoms with Gasteiger partial charge >= 0.3 is 0 Å². The Labute approximate surface area is 379 Å². The van der Waals surface area contributed by atoms with Crippen molar-refractivity contribution in [2.24, 2.45) is 0 Å². The van der Waals surface area contributed by atoms with Gasteiger partial charge in [-0.3, -0.25) is 0 Å². The maximum atomic E-state index is 5.19. The molecule has 0 fully saturated rings. The van der Waals surface area contributed by atoms with Crippen molar-refractivity contribution in [2.45, 2.75) is 0 Å². The summed E-state index contributed by atoms with van der Waals surface area (Å²) in [7, 11) is 0. The van der Waals surface area contributed by atoms with Crippen LogP contribution in [0.2, 0.25) is 0 Å². The number of hydrogen-bond donors (Lipinski definition) is 0. The van der Waals surface area contributed by atoms with Crippen LogP contribution in [0.1, 0.15) is 0 Å². The molecule has 4 heterocycles. The zero-order chi connectivity index (χ0) is 43.6. The average molecular weight is 841 g/mol. The molecule has 0 radical (unpaired) electrons. The van der Waals surface area contributed by atoms with E-state index in [1.165, 1.54) is 0 Å². The van der Waals surface area contributed by atoms with Gasteiger partial charge in [-0.05, 0) is 53.1 Å². The van der Waals surface area contributed by atoms with Gasteiger partial charge in [-0.25, -0.2) is 29.9 Å². The third-order valence-electron chi connectivity index (χ3n) is 12.7. The van der Waals surface area contributed by atoms with E-state index < -0.39 is 0 Å². The largest absolute Gasteiger partial charge is 0.248 e. The Balaban J connectivity index is 0.945. The van der Waals surface area contributed by atoms with E-state index in [2.05, 4.69) is 182 Å². The van der Waals surface area contributed by atoms with Gasteiger partial charge in [0.15, 0.2) is 17.5 Å². The number of benzene rings is 9. The Kier molecular flexibility index (Phi) is 8.74. The number of nitrogens with zero attached hydrogens (tertiary/aromatic N) is 6. The summed E-state index contributed by atoms with van der Waals surface area (Å²) in [4.78, 5) is 30.5. The first-order chi connectivity index (χ1) is 32.7. The van der Waals surface area contributed by atoms with Crippen LogP contribution in [-0.4, -0.2) is 29.9 Å². The zero-order valence-corrected chi connectivity index (χ0v) is 35.5. The minimum absolute atomic E-state index is 0.594. The first-order valence-electron chi connectivity index (χ1n) is 22.1. The van der Waals surface area contributed by atoms with Gasteiger partial charge < -0.3 is 0 Å². The fourth-order valence-electron chi connectivity index (χ4n) is 9.57. The number of rotatable bonds is 6. The maximum absolute atomic E-state index is 5.19. The van der Waals surface area contributed by atoms with Gasteiger partial charge in [-0.2, -0.15) is 0 Å². The molecule has 0 N–H and O–H groups in total. The molecule has 0 aliphatic rings. The second kappa shape index (κ2) is 15.4. The number of fused-ring (bicyclic) bond motifs is 6. The van der Waals surface area contributed by atoms with Crippen molar-refractivity contribution < 1.29 is 0 Å². The first kappa shape index (κ1) is 37.5. The summed E-state index contributed by atoms with van der Waals surface area (Å²) in [6.45, 7) is 0. The van der Waals surface area contributed by atoms with Crippen LogP contribution in [0.3, 0.4) is 0 Å². The maximum Gasteiger partial charge on any atom is 0.164 e. The van der Waals surface area contributed by atoms with Gasteiger partial charge in [0.05, 0.1) is 33.1 Å². The van der Waals surface area contributed by atoms with Crippen molar-refractivity contribution in [1.82, 2.24) is 29.9 Å². The minimum atomic E-state index is 0.594. The van der Waals surface area contributed by atoms with Crippen LogP contribution >= 0.6 is 0 Å². The second-order valence-electron chi connectivity index (χ2n) is 16.6. The van der Waals surface area contributed by atoms with Crippen molar-refractivity contribution >= 4 is 65.4 Å². The molecular formula is C60H36N6. The smallest absolute Gasteiger partial charge is 0.164 e. The van der Waals surface area contributed by atoms with Crippen LogP contribution in [0, 0.1) is 0 Å². The molecule has 0 saturated heterocycles. The molecule has 6 heteroatoms. The first-order valence-corrected chi connectivity index (χ1v) is 22.1. The zero-order valence-electron chi connectivity index (χ0n) is 35.5. The van der Waals surface area contributed by atoms with Gasteiger partial charge in [-0.1, -0.05) is 182 Å². The highest BCUT2D eigenvalue weighted by molar-refractivity contribution is 6.12. The highest BCUT2D eigenvalue weighted by atomic mass is 15.0. The van der Waals surface area contributed by atoms with Gasteiger partial charge in [-0.15, -0.1) is 0 Å². The van der Waals surface area contributed by atoms with Gasteiger partial charge in [0.1, 0.15) is 0 Å². The summed E-state index contributed by atoms with van der Waals surface area (Å²) < 4.78 is 0. The lowest BCUT2D eigenvalue weighted by Crippen LogP contribution is -2.00. The number of para-hydroxylation sites is 6. The van der Waals surface area contributed by atoms with Crippen LogP contribution < -0.4 is 0 Å². The van der Waals surface area contributed by atoms with Crippen molar-refractivity contribution in [3.63, 3.8) is 0 Å². The van der Waals surface area contributed by atoms with E-state index in [1.54, 1.807) is 0 Å². The van der Waals surface area contributed by atoms with E-state index in [9.17, 15) is 0 Å². The molecule has 0 spiro atoms. The molecule has 6 nitrogen and oxygen atoms in total. The van der Waals surface area contributed by atoms with Gasteiger partial charge in [0, 0.05) is 65.7 Å². The Bertz CT molecular complexity index is 3440. The van der Waals surface area contributed by atoms with Crippen LogP contribution in [0.25, 0.3) is 133 Å². The molecular weight excluding hydrogens is 805 g/mol. The summed E-state index contributed by atoms with van der Waals surface area (Å²) in [6.07, 6.45) is 0. The third kappa shape index (κ3) is 6.34. The SMILES string of the molecule is c1ccc2c(-c3ccc(-c4nc(-c5ccc(-c6c7ccccc7nc7ccccc67)cc5)nc(-c5ccc(-c6c7ccccc7nc7ccccc67)cc5)n4)cc3)c3ccccc3nc2c1. The molecule has 0 atom stereocenters. The van der Waals surface area contributed by atoms with E-state index in [4.69, 9.17) is 29.9 Å². The molecule has 306 valence electrons. The Morgan fingerprint density at radius 2 is 0.348 bits per heavy atom. The fraction of sp³-hybridized carbons (Fsp3) is 0. The molecule has 66 heavy (non-hydrogen) atoms. The lowest BCUT2D eigenvalue weighted by molar-refractivity contribution is 1.07. The summed E-state index contributed by atoms with van der Waals surface area (Å²) in [5.74, 6) is 1.78. The molecule has 0 amide bonds. The molecule has 0 unspecified atom stereocenters. The minimum Gasteiger partial charge on any atom is -0.248 e. The van der Waals surface area contributed by atoms with E-state index in [-0.39, 0.29) is 0 Å². The lowest BCUT2D eigenvalue weighted by atomic mass is 9.95. The summed E-state index contributed by atoms with van der Waals surface area (Å²) in [6, 6.07) is 75.8. The van der Waals surface area contributed by atoms with Crippen LogP contribution in [0.4, 0.5) is 0 Å². The molecule has 0 aliphatic carbocycles. The summed E-state index contributed by atoms with van der Waals surface area (Å²) in [5, 5.41) is 6.67. The molecule has 4 aromatic heterocycles. The number of hydrogen-bond acceptors (Lipinski definition) is 6. The lowest BCUT2D eigenvalue weighted by Gasteiger charge is -2.13. The molecule has 0 bridgehead atoms. The van der Waals surface area contributed by atoms with Crippen LogP contribution in [-0.2, 0) is 0 Å². The monoisotopic (exact) mass is 840 g/mol. The predicted octanol–water partition coefficient (Wildman–Crippen LogP) is 15.0. The molecule has 9 aromatic carbocycles. The highest BCUT2D eigenvalue weighted by Crippen LogP contribution is 2.39. The quantitative estimate of drug-likeness (QED) is 0.155. The Morgan fingerprint density at radius 3 is 0.561 bits per heavy atom. The predicted molar refractivity (Wildman–Crippen MR) is 271 cm³/mol. The van der Waals surface area contributed by atoms with Crippen LogP contribution in [0.15, 0.2) is 218 Å². The van der Waals surface area contributed by atoms with Crippen molar-refractivity contribution in [3.05, 3.63) is 218 Å². The molecule has 0 aliphatic heterocycles. The molecule has 13 aromatic rings. The Morgan fingerprint density at radius 1 is 0.167 bits per heavy atom. The van der Waals surface area contributed by atoms with Gasteiger partial charge in [0.2, 0.25) is 0 Å². The van der Waals surface area contributed by atoms with Crippen LogP contribution in [0.5, 0.6) is 0 Å². The topological polar surface area (TPSA) is 77.3 Å². The fourth-order valence-corrected chi connectivity index (χ4v) is 9.57. The van der Waals surface area contributed by atoms with E-state index in [1.807, 2.05) is 36.4 Å². The van der Waals surface area contributed by atoms with Gasteiger partial charge in [0.25, 0.3) is 0 Å². The normalized spacial score (nSPS) is 11.6. The Hall–Kier alpha value is -9.00. The van der Waals surface area contributed by atoms with E-state index in [0.29, 0.717) is 17.5 Å². The van der Waals surface area contributed by atoms with Crippen molar-refractivity contribution in [2.75, 3.05) is 0 Å². The summed E-state index contributed by atoms with van der Waals surface area (Å²) in [5.41, 5.74) is 15.2. The second-order valence-corrected chi connectivity index (χ2v) is 16.6. The van der Waals surface area contributed by atoms with E-state index >= 15 is 0 Å². The van der Waals surface area contributed by atoms with Crippen molar-refractivity contribution in [3.8, 4) is 67.5 Å². The summed E-state index contributed by atoms with van der Waals surface area (Å²) >= 11 is 0. The standard InChI is InChI=1S/C60H36N6/c1-7-19-49-43(13-1)55(44-14-2-8-20-50(44)61-49)37-25-31-40(32-26-37)58-64-59(41-33-27-38(28-34-41)56-45-15-3-9-21-51(45)62-52-22-10-4-16-46(52)56)66-60(65-58)42-35-29-39(30-36-42)57-47-17-5-11-23-53(47)63-54-24-12-6-18-48(54)57/h1-36H. The highest BCUT2D eigenvalue weighted by Gasteiger charge is 2.18. The number of pyridine rings is 3. The molecule has 0 saturated carbocycles. The average Bonchev–Trinajstić information content (AvgIpc) is 3.39. The van der Waals surface area contributed by atoms with Crippen molar-refractivity contribution in [1.29, 1.82) is 0 Å².